The molecule has 1 rings (SSSR count). The highest BCUT2D eigenvalue weighted by atomic mass is 32.1. The van der Waals surface area contributed by atoms with Gasteiger partial charge >= 0.3 is 17.8 Å². The molecule has 1 saturated heterocycles. The Bertz CT molecular complexity index is 399. The Morgan fingerprint density at radius 3 is 2.74 bits per heavy atom. The van der Waals surface area contributed by atoms with Crippen LogP contribution in [0, 0.1) is 5.92 Å². The molecular weight excluding hydrogens is 270 g/mol. The third-order valence-corrected chi connectivity index (χ3v) is 3.00. The first-order valence-electron chi connectivity index (χ1n) is 5.89. The summed E-state index contributed by atoms with van der Waals surface area (Å²) in [7, 11) is 1.30. The summed E-state index contributed by atoms with van der Waals surface area (Å²) < 4.78 is 4.65. The van der Waals surface area contributed by atoms with Crippen LogP contribution in [-0.2, 0) is 19.1 Å². The molecule has 0 spiro atoms. The van der Waals surface area contributed by atoms with Gasteiger partial charge in [-0.05, 0) is 12.8 Å². The van der Waals surface area contributed by atoms with Crippen LogP contribution in [0.4, 0.5) is 0 Å². The van der Waals surface area contributed by atoms with Gasteiger partial charge in [-0.25, -0.2) is 0 Å². The largest absolute Gasteiger partial charge is 0.469 e. The molecule has 1 heterocycles. The second-order valence-electron chi connectivity index (χ2n) is 4.26. The Morgan fingerprint density at radius 2 is 2.16 bits per heavy atom. The number of amides is 2. The number of nitrogens with two attached hydrogens (primary N) is 1. The van der Waals surface area contributed by atoms with Gasteiger partial charge in [0.25, 0.3) is 0 Å². The monoisotopic (exact) mass is 287 g/mol. The molecule has 1 atom stereocenters. The van der Waals surface area contributed by atoms with Gasteiger partial charge in [0.2, 0.25) is 0 Å². The summed E-state index contributed by atoms with van der Waals surface area (Å²) in [6, 6.07) is 0. The topological polar surface area (TPSA) is 102 Å². The van der Waals surface area contributed by atoms with Crippen LogP contribution in [0.1, 0.15) is 12.8 Å². The Morgan fingerprint density at radius 1 is 1.47 bits per heavy atom. The van der Waals surface area contributed by atoms with Crippen molar-refractivity contribution in [3.8, 4) is 0 Å². The lowest BCUT2D eigenvalue weighted by Crippen LogP contribution is -2.49. The van der Waals surface area contributed by atoms with Gasteiger partial charge in [0.05, 0.1) is 24.6 Å². The van der Waals surface area contributed by atoms with Crippen molar-refractivity contribution in [3.05, 3.63) is 0 Å². The number of thiocarbonyl (C=S) groups is 1. The van der Waals surface area contributed by atoms with Crippen LogP contribution in [-0.4, -0.2) is 54.4 Å². The summed E-state index contributed by atoms with van der Waals surface area (Å²) >= 11 is 4.60. The predicted molar refractivity (Wildman–Crippen MR) is 71.1 cm³/mol. The minimum atomic E-state index is -0.765. The first-order valence-corrected chi connectivity index (χ1v) is 6.29. The number of carbonyl (C=O) groups is 3. The van der Waals surface area contributed by atoms with Gasteiger partial charge in [-0.2, -0.15) is 0 Å². The second-order valence-corrected chi connectivity index (χ2v) is 4.79. The first-order chi connectivity index (χ1) is 8.95. The maximum absolute atomic E-state index is 11.8. The number of hydrogen-bond donors (Lipinski definition) is 2. The lowest BCUT2D eigenvalue weighted by molar-refractivity contribution is -0.152. The first kappa shape index (κ1) is 15.4. The maximum atomic E-state index is 11.8. The highest BCUT2D eigenvalue weighted by Gasteiger charge is 2.31. The second kappa shape index (κ2) is 7.03. The average molecular weight is 287 g/mol. The standard InChI is InChI=1S/C11H17N3O4S/c1-18-11(17)7-3-2-4-14(6-7)10(16)9(15)13-5-8(12)19/h7H,2-6H2,1H3,(H2,12,19)(H,13,15). The smallest absolute Gasteiger partial charge is 0.311 e. The van der Waals surface area contributed by atoms with Crippen LogP contribution in [0.25, 0.3) is 0 Å². The quantitative estimate of drug-likeness (QED) is 0.384. The summed E-state index contributed by atoms with van der Waals surface area (Å²) in [6.45, 7) is 0.632. The van der Waals surface area contributed by atoms with Crippen molar-refractivity contribution < 1.29 is 19.1 Å². The third kappa shape index (κ3) is 4.47. The molecule has 1 fully saturated rings. The molecule has 0 aromatic heterocycles. The van der Waals surface area contributed by atoms with E-state index in [4.69, 9.17) is 5.73 Å². The molecule has 2 amide bonds. The fourth-order valence-corrected chi connectivity index (χ4v) is 1.98. The van der Waals surface area contributed by atoms with E-state index in [9.17, 15) is 14.4 Å². The van der Waals surface area contributed by atoms with Crippen molar-refractivity contribution in [2.45, 2.75) is 12.8 Å². The van der Waals surface area contributed by atoms with Crippen LogP contribution >= 0.6 is 12.2 Å². The SMILES string of the molecule is COC(=O)C1CCCN(C(=O)C(=O)NCC(N)=S)C1. The molecule has 3 N–H and O–H groups in total. The van der Waals surface area contributed by atoms with Crippen LogP contribution in [0.15, 0.2) is 0 Å². The number of carbonyl (C=O) groups excluding carboxylic acids is 3. The molecule has 106 valence electrons. The van der Waals surface area contributed by atoms with Gasteiger partial charge in [0, 0.05) is 13.1 Å². The van der Waals surface area contributed by atoms with Crippen molar-refractivity contribution in [1.29, 1.82) is 0 Å². The van der Waals surface area contributed by atoms with E-state index in [1.54, 1.807) is 0 Å². The van der Waals surface area contributed by atoms with Gasteiger partial charge in [-0.3, -0.25) is 14.4 Å². The molecule has 0 aliphatic carbocycles. The van der Waals surface area contributed by atoms with Crippen molar-refractivity contribution in [1.82, 2.24) is 10.2 Å². The number of hydrogen-bond acceptors (Lipinski definition) is 5. The fraction of sp³-hybridized carbons (Fsp3) is 0.636. The molecule has 1 aliphatic heterocycles. The minimum absolute atomic E-state index is 0.0197. The van der Waals surface area contributed by atoms with Crippen LogP contribution in [0.5, 0.6) is 0 Å². The average Bonchev–Trinajstić information content (AvgIpc) is 2.43. The summed E-state index contributed by atoms with van der Waals surface area (Å²) in [6.07, 6.45) is 1.32. The van der Waals surface area contributed by atoms with Crippen molar-refractivity contribution >= 4 is 35.0 Å². The fourth-order valence-electron chi connectivity index (χ4n) is 1.91. The maximum Gasteiger partial charge on any atom is 0.311 e. The molecule has 0 aromatic carbocycles. The van der Waals surface area contributed by atoms with E-state index in [1.165, 1.54) is 12.0 Å². The molecule has 0 radical (unpaired) electrons. The zero-order chi connectivity index (χ0) is 14.4. The molecule has 8 heteroatoms. The van der Waals surface area contributed by atoms with E-state index in [0.717, 1.165) is 0 Å². The number of ether oxygens (including phenoxy) is 1. The van der Waals surface area contributed by atoms with E-state index < -0.39 is 11.8 Å². The molecule has 0 aromatic rings. The summed E-state index contributed by atoms with van der Waals surface area (Å²) in [5, 5.41) is 2.32. The van der Waals surface area contributed by atoms with Gasteiger partial charge in [0.1, 0.15) is 0 Å². The van der Waals surface area contributed by atoms with Gasteiger partial charge in [-0.1, -0.05) is 12.2 Å². The zero-order valence-electron chi connectivity index (χ0n) is 10.7. The Balaban J connectivity index is 2.54. The lowest BCUT2D eigenvalue weighted by atomic mass is 9.98. The van der Waals surface area contributed by atoms with Gasteiger partial charge in [-0.15, -0.1) is 0 Å². The van der Waals surface area contributed by atoms with Crippen LogP contribution < -0.4 is 11.1 Å². The number of rotatable bonds is 3. The molecule has 7 nitrogen and oxygen atoms in total. The molecule has 19 heavy (non-hydrogen) atoms. The normalized spacial score (nSPS) is 18.6. The van der Waals surface area contributed by atoms with Crippen molar-refractivity contribution in [2.75, 3.05) is 26.7 Å². The molecule has 1 aliphatic rings. The lowest BCUT2D eigenvalue weighted by Gasteiger charge is -2.30. The van der Waals surface area contributed by atoms with Gasteiger partial charge < -0.3 is 20.7 Å². The van der Waals surface area contributed by atoms with E-state index in [0.29, 0.717) is 19.4 Å². The zero-order valence-corrected chi connectivity index (χ0v) is 11.5. The summed E-state index contributed by atoms with van der Waals surface area (Å²) in [5.41, 5.74) is 5.23. The predicted octanol–water partition coefficient (Wildman–Crippen LogP) is -1.20. The number of likely N-dealkylation sites (tertiary alicyclic amines) is 1. The van der Waals surface area contributed by atoms with E-state index in [2.05, 4.69) is 22.3 Å². The minimum Gasteiger partial charge on any atom is -0.469 e. The number of esters is 1. The van der Waals surface area contributed by atoms with Crippen molar-refractivity contribution in [3.63, 3.8) is 0 Å². The number of nitrogens with one attached hydrogen (secondary N) is 1. The Labute approximate surface area is 116 Å². The van der Waals surface area contributed by atoms with E-state index in [-0.39, 0.29) is 30.0 Å². The summed E-state index contributed by atoms with van der Waals surface area (Å²) in [4.78, 5) is 36.3. The van der Waals surface area contributed by atoms with E-state index in [1.807, 2.05) is 0 Å². The third-order valence-electron chi connectivity index (χ3n) is 2.86. The number of nitrogens with zero attached hydrogens (tertiary/aromatic N) is 1. The molecule has 0 saturated carbocycles. The Kier molecular flexibility index (Phi) is 5.68. The number of piperidine rings is 1. The van der Waals surface area contributed by atoms with Gasteiger partial charge in [0.15, 0.2) is 0 Å². The van der Waals surface area contributed by atoms with Crippen LogP contribution in [0.3, 0.4) is 0 Å². The van der Waals surface area contributed by atoms with Crippen molar-refractivity contribution in [2.24, 2.45) is 11.7 Å². The highest BCUT2D eigenvalue weighted by molar-refractivity contribution is 7.80. The highest BCUT2D eigenvalue weighted by Crippen LogP contribution is 2.17. The van der Waals surface area contributed by atoms with Crippen LogP contribution in [0.2, 0.25) is 0 Å². The Hall–Kier alpha value is -1.70. The number of methoxy groups -OCH3 is 1. The molecule has 1 unspecified atom stereocenters. The molecule has 0 bridgehead atoms. The van der Waals surface area contributed by atoms with E-state index >= 15 is 0 Å². The molecular formula is C11H17N3O4S. The summed E-state index contributed by atoms with van der Waals surface area (Å²) in [5.74, 6) is -2.17.